The van der Waals surface area contributed by atoms with Gasteiger partial charge in [-0.2, -0.15) is 0 Å². The molecule has 0 aliphatic rings. The molecule has 0 saturated carbocycles. The van der Waals surface area contributed by atoms with E-state index in [2.05, 4.69) is 20.1 Å². The van der Waals surface area contributed by atoms with E-state index >= 15 is 0 Å². The van der Waals surface area contributed by atoms with Crippen LogP contribution < -0.4 is 16.2 Å². The van der Waals surface area contributed by atoms with Crippen LogP contribution in [-0.4, -0.2) is 37.2 Å². The number of nitrogens with two attached hydrogens (primary N) is 1. The molecule has 0 saturated heterocycles. The van der Waals surface area contributed by atoms with Gasteiger partial charge < -0.3 is 20.7 Å². The Balaban J connectivity index is 2.21. The van der Waals surface area contributed by atoms with Crippen LogP contribution in [0.3, 0.4) is 0 Å². The van der Waals surface area contributed by atoms with E-state index < -0.39 is 0 Å². The van der Waals surface area contributed by atoms with Crippen LogP contribution in [0.4, 0.5) is 0 Å². The van der Waals surface area contributed by atoms with E-state index in [9.17, 15) is 4.79 Å². The average Bonchev–Trinajstić information content (AvgIpc) is 2.89. The molecule has 0 atom stereocenters. The van der Waals surface area contributed by atoms with Crippen molar-refractivity contribution < 1.29 is 9.94 Å². The minimum absolute atomic E-state index is 0.157. The highest BCUT2D eigenvalue weighted by Gasteiger charge is 2.17. The van der Waals surface area contributed by atoms with E-state index in [1.54, 1.807) is 31.3 Å². The maximum Gasteiger partial charge on any atom is 0.327 e. The van der Waals surface area contributed by atoms with Crippen molar-refractivity contribution in [1.29, 1.82) is 0 Å². The van der Waals surface area contributed by atoms with Gasteiger partial charge in [-0.25, -0.2) is 14.8 Å². The van der Waals surface area contributed by atoms with E-state index in [1.807, 2.05) is 6.92 Å². The first kappa shape index (κ1) is 15.5. The summed E-state index contributed by atoms with van der Waals surface area (Å²) in [6.45, 7) is 2.47. The van der Waals surface area contributed by atoms with Gasteiger partial charge in [0.15, 0.2) is 17.3 Å². The number of amidine groups is 1. The molecule has 0 unspecified atom stereocenters. The molecule has 3 aromatic rings. The highest BCUT2D eigenvalue weighted by atomic mass is 16.5. The van der Waals surface area contributed by atoms with Gasteiger partial charge in [-0.3, -0.25) is 4.57 Å². The maximum atomic E-state index is 11.8. The molecular formula is C15H16N6O3. The summed E-state index contributed by atoms with van der Waals surface area (Å²) in [6, 6.07) is 7.19. The summed E-state index contributed by atoms with van der Waals surface area (Å²) in [5.41, 5.74) is 6.86. The number of aromatic amines is 1. The molecule has 0 aliphatic carbocycles. The number of rotatable bonds is 4. The van der Waals surface area contributed by atoms with Crippen molar-refractivity contribution in [3.63, 3.8) is 0 Å². The molecule has 4 N–H and O–H groups in total. The van der Waals surface area contributed by atoms with Crippen LogP contribution in [0.1, 0.15) is 12.6 Å². The Kier molecular flexibility index (Phi) is 3.90. The van der Waals surface area contributed by atoms with Gasteiger partial charge in [0, 0.05) is 12.6 Å². The highest BCUT2D eigenvalue weighted by molar-refractivity contribution is 6.04. The predicted molar refractivity (Wildman–Crippen MR) is 88.2 cm³/mol. The molecule has 1 aromatic carbocycles. The van der Waals surface area contributed by atoms with Crippen molar-refractivity contribution in [2.75, 3.05) is 6.61 Å². The van der Waals surface area contributed by atoms with Crippen LogP contribution in [0.5, 0.6) is 5.75 Å². The van der Waals surface area contributed by atoms with Gasteiger partial charge in [0.1, 0.15) is 17.0 Å². The van der Waals surface area contributed by atoms with Gasteiger partial charge in [0.05, 0.1) is 6.61 Å². The SMILES string of the molecule is CCOc1ccc(-c2nc(C(N)=NO)c3[nH]c(=O)n(C)c3n2)cc1. The Bertz CT molecular complexity index is 971. The van der Waals surface area contributed by atoms with E-state index in [0.717, 1.165) is 5.75 Å². The molecule has 0 aliphatic heterocycles. The molecule has 3 rings (SSSR count). The number of aryl methyl sites for hydroxylation is 1. The lowest BCUT2D eigenvalue weighted by Gasteiger charge is -2.07. The van der Waals surface area contributed by atoms with Crippen LogP contribution in [0.15, 0.2) is 34.2 Å². The number of fused-ring (bicyclic) bond motifs is 1. The smallest absolute Gasteiger partial charge is 0.327 e. The lowest BCUT2D eigenvalue weighted by molar-refractivity contribution is 0.318. The van der Waals surface area contributed by atoms with Crippen molar-refractivity contribution in [1.82, 2.24) is 19.5 Å². The summed E-state index contributed by atoms with van der Waals surface area (Å²) in [5.74, 6) is 0.867. The zero-order chi connectivity index (χ0) is 17.3. The Labute approximate surface area is 136 Å². The van der Waals surface area contributed by atoms with Crippen molar-refractivity contribution in [2.24, 2.45) is 17.9 Å². The third-order valence-corrected chi connectivity index (χ3v) is 3.52. The number of imidazole rings is 1. The number of hydrogen-bond donors (Lipinski definition) is 3. The van der Waals surface area contributed by atoms with Crippen LogP contribution in [-0.2, 0) is 7.05 Å². The Morgan fingerprint density at radius 3 is 2.71 bits per heavy atom. The van der Waals surface area contributed by atoms with Gasteiger partial charge in [0.25, 0.3) is 0 Å². The third kappa shape index (κ3) is 2.56. The summed E-state index contributed by atoms with van der Waals surface area (Å²) < 4.78 is 6.74. The number of aromatic nitrogens is 4. The summed E-state index contributed by atoms with van der Waals surface area (Å²) >= 11 is 0. The molecule has 2 heterocycles. The zero-order valence-corrected chi connectivity index (χ0v) is 13.1. The molecule has 9 heteroatoms. The van der Waals surface area contributed by atoms with Gasteiger partial charge in [-0.05, 0) is 31.2 Å². The predicted octanol–water partition coefficient (Wildman–Crippen LogP) is 0.817. The first-order chi connectivity index (χ1) is 11.5. The Morgan fingerprint density at radius 2 is 2.08 bits per heavy atom. The van der Waals surface area contributed by atoms with Crippen LogP contribution in [0.2, 0.25) is 0 Å². The lowest BCUT2D eigenvalue weighted by Crippen LogP contribution is -2.17. The highest BCUT2D eigenvalue weighted by Crippen LogP contribution is 2.22. The lowest BCUT2D eigenvalue weighted by atomic mass is 10.2. The topological polar surface area (TPSA) is 131 Å². The number of nitrogens with zero attached hydrogens (tertiary/aromatic N) is 4. The summed E-state index contributed by atoms with van der Waals surface area (Å²) in [6.07, 6.45) is 0. The van der Waals surface area contributed by atoms with E-state index in [-0.39, 0.29) is 17.2 Å². The molecule has 0 radical (unpaired) electrons. The number of ether oxygens (including phenoxy) is 1. The molecule has 2 aromatic heterocycles. The monoisotopic (exact) mass is 328 g/mol. The van der Waals surface area contributed by atoms with Gasteiger partial charge in [-0.1, -0.05) is 5.16 Å². The second-order valence-corrected chi connectivity index (χ2v) is 5.03. The van der Waals surface area contributed by atoms with Gasteiger partial charge in [-0.15, -0.1) is 0 Å². The number of oxime groups is 1. The average molecular weight is 328 g/mol. The second-order valence-electron chi connectivity index (χ2n) is 5.03. The molecule has 24 heavy (non-hydrogen) atoms. The fourth-order valence-electron chi connectivity index (χ4n) is 2.32. The second kappa shape index (κ2) is 6.03. The molecule has 0 fully saturated rings. The third-order valence-electron chi connectivity index (χ3n) is 3.52. The van der Waals surface area contributed by atoms with Crippen molar-refractivity contribution in [2.45, 2.75) is 6.92 Å². The first-order valence-electron chi connectivity index (χ1n) is 7.23. The Hall–Kier alpha value is -3.36. The quantitative estimate of drug-likeness (QED) is 0.281. The number of benzene rings is 1. The van der Waals surface area contributed by atoms with Crippen molar-refractivity contribution in [3.05, 3.63) is 40.4 Å². The van der Waals surface area contributed by atoms with E-state index in [0.29, 0.717) is 29.2 Å². The van der Waals surface area contributed by atoms with Crippen LogP contribution in [0, 0.1) is 0 Å². The zero-order valence-electron chi connectivity index (χ0n) is 13.1. The number of nitrogens with one attached hydrogen (secondary N) is 1. The fourth-order valence-corrected chi connectivity index (χ4v) is 2.32. The summed E-state index contributed by atoms with van der Waals surface area (Å²) in [5, 5.41) is 11.9. The minimum Gasteiger partial charge on any atom is -0.494 e. The van der Waals surface area contributed by atoms with Gasteiger partial charge >= 0.3 is 5.69 Å². The first-order valence-corrected chi connectivity index (χ1v) is 7.23. The maximum absolute atomic E-state index is 11.8. The summed E-state index contributed by atoms with van der Waals surface area (Å²) in [7, 11) is 1.58. The minimum atomic E-state index is -0.366. The molecule has 0 amide bonds. The number of H-pyrrole nitrogens is 1. The molecule has 9 nitrogen and oxygen atoms in total. The Morgan fingerprint density at radius 1 is 1.38 bits per heavy atom. The number of hydrogen-bond acceptors (Lipinski definition) is 6. The largest absolute Gasteiger partial charge is 0.494 e. The van der Waals surface area contributed by atoms with E-state index in [1.165, 1.54) is 4.57 Å². The standard InChI is InChI=1S/C15H16N6O3/c1-3-24-9-6-4-8(5-7-9)13-17-10(12(16)20-23)11-14(19-13)21(2)15(22)18-11/h4-7,23H,3H2,1-2H3,(H2,16,20)(H,18,22). The van der Waals surface area contributed by atoms with Crippen molar-refractivity contribution >= 4 is 17.0 Å². The molecule has 0 spiro atoms. The normalized spacial score (nSPS) is 11.8. The van der Waals surface area contributed by atoms with Gasteiger partial charge in [0.2, 0.25) is 0 Å². The summed E-state index contributed by atoms with van der Waals surface area (Å²) in [4.78, 5) is 23.2. The van der Waals surface area contributed by atoms with Crippen LogP contribution in [0.25, 0.3) is 22.6 Å². The fraction of sp³-hybridized carbons (Fsp3) is 0.200. The molecule has 124 valence electrons. The molecule has 0 bridgehead atoms. The molecular weight excluding hydrogens is 312 g/mol. The van der Waals surface area contributed by atoms with Crippen LogP contribution >= 0.6 is 0 Å². The van der Waals surface area contributed by atoms with Crippen molar-refractivity contribution in [3.8, 4) is 17.1 Å². The van der Waals surface area contributed by atoms with E-state index in [4.69, 9.17) is 15.7 Å².